The van der Waals surface area contributed by atoms with Gasteiger partial charge in [-0.3, -0.25) is 4.79 Å². The fourth-order valence-electron chi connectivity index (χ4n) is 1.60. The number of rotatable bonds is 8. The molecule has 0 spiro atoms. The second-order valence-corrected chi connectivity index (χ2v) is 5.09. The number of ketones is 1. The number of hydrogen-bond acceptors (Lipinski definition) is 4. The molecule has 0 bridgehead atoms. The van der Waals surface area contributed by atoms with E-state index in [2.05, 4.69) is 0 Å². The van der Waals surface area contributed by atoms with E-state index in [1.54, 1.807) is 27.2 Å². The van der Waals surface area contributed by atoms with Crippen LogP contribution in [0, 0.1) is 0 Å². The Morgan fingerprint density at radius 1 is 1.33 bits per heavy atom. The average Bonchev–Trinajstić information content (AvgIpc) is 2.38. The van der Waals surface area contributed by atoms with Gasteiger partial charge in [-0.2, -0.15) is 11.8 Å². The molecule has 0 saturated heterocycles. The lowest BCUT2D eigenvalue weighted by Crippen LogP contribution is -1.97. The van der Waals surface area contributed by atoms with Crippen molar-refractivity contribution < 1.29 is 14.3 Å². The van der Waals surface area contributed by atoms with Crippen molar-refractivity contribution >= 4 is 17.5 Å². The van der Waals surface area contributed by atoms with Crippen molar-refractivity contribution in [2.75, 3.05) is 26.6 Å². The molecule has 0 aliphatic heterocycles. The largest absolute Gasteiger partial charge is 0.496 e. The van der Waals surface area contributed by atoms with Gasteiger partial charge in [-0.05, 0) is 37.3 Å². The van der Waals surface area contributed by atoms with Crippen LogP contribution in [0.5, 0.6) is 5.75 Å². The molecule has 0 unspecified atom stereocenters. The summed E-state index contributed by atoms with van der Waals surface area (Å²) in [5, 5.41) is 0. The van der Waals surface area contributed by atoms with Crippen molar-refractivity contribution in [1.29, 1.82) is 0 Å². The fourth-order valence-corrected chi connectivity index (χ4v) is 2.51. The van der Waals surface area contributed by atoms with Crippen LogP contribution in [0.2, 0.25) is 0 Å². The van der Waals surface area contributed by atoms with Gasteiger partial charge in [0, 0.05) is 30.6 Å². The molecular weight excluding hydrogens is 248 g/mol. The van der Waals surface area contributed by atoms with Crippen molar-refractivity contribution in [3.63, 3.8) is 0 Å². The molecule has 0 N–H and O–H groups in total. The molecule has 0 fully saturated rings. The molecule has 1 aromatic carbocycles. The van der Waals surface area contributed by atoms with Crippen LogP contribution in [0.15, 0.2) is 18.2 Å². The number of methoxy groups -OCH3 is 2. The highest BCUT2D eigenvalue weighted by Crippen LogP contribution is 2.25. The smallest absolute Gasteiger partial charge is 0.159 e. The molecule has 1 aromatic rings. The van der Waals surface area contributed by atoms with Gasteiger partial charge in [0.15, 0.2) is 5.78 Å². The molecule has 3 nitrogen and oxygen atoms in total. The third kappa shape index (κ3) is 4.70. The summed E-state index contributed by atoms with van der Waals surface area (Å²) >= 11 is 1.82. The molecule has 0 atom stereocenters. The van der Waals surface area contributed by atoms with Crippen molar-refractivity contribution in [2.45, 2.75) is 19.1 Å². The second-order valence-electron chi connectivity index (χ2n) is 3.98. The van der Waals surface area contributed by atoms with Crippen LogP contribution < -0.4 is 4.74 Å². The Hall–Kier alpha value is -1.00. The van der Waals surface area contributed by atoms with Gasteiger partial charge in [0.1, 0.15) is 5.75 Å². The summed E-state index contributed by atoms with van der Waals surface area (Å²) in [6.45, 7) is 2.37. The monoisotopic (exact) mass is 268 g/mol. The van der Waals surface area contributed by atoms with E-state index in [0.717, 1.165) is 41.4 Å². The van der Waals surface area contributed by atoms with Gasteiger partial charge >= 0.3 is 0 Å². The van der Waals surface area contributed by atoms with E-state index in [-0.39, 0.29) is 5.78 Å². The molecule has 1 rings (SSSR count). The summed E-state index contributed by atoms with van der Waals surface area (Å²) in [6.07, 6.45) is 1.04. The Morgan fingerprint density at radius 3 is 2.72 bits per heavy atom. The lowest BCUT2D eigenvalue weighted by atomic mass is 10.1. The van der Waals surface area contributed by atoms with Gasteiger partial charge in [0.2, 0.25) is 0 Å². The molecule has 0 heterocycles. The normalized spacial score (nSPS) is 10.4. The van der Waals surface area contributed by atoms with Crippen LogP contribution in [0.4, 0.5) is 0 Å². The molecule has 18 heavy (non-hydrogen) atoms. The number of hydrogen-bond donors (Lipinski definition) is 0. The zero-order chi connectivity index (χ0) is 13.4. The highest BCUT2D eigenvalue weighted by Gasteiger charge is 2.07. The van der Waals surface area contributed by atoms with E-state index in [9.17, 15) is 4.79 Å². The van der Waals surface area contributed by atoms with Crippen molar-refractivity contribution in [3.05, 3.63) is 29.3 Å². The van der Waals surface area contributed by atoms with Crippen LogP contribution in [-0.4, -0.2) is 32.4 Å². The number of carbonyl (C=O) groups is 1. The minimum atomic E-state index is 0.0864. The average molecular weight is 268 g/mol. The van der Waals surface area contributed by atoms with E-state index < -0.39 is 0 Å². The Morgan fingerprint density at radius 2 is 2.11 bits per heavy atom. The number of thioether (sulfide) groups is 1. The van der Waals surface area contributed by atoms with Gasteiger partial charge in [0.25, 0.3) is 0 Å². The Kier molecular flexibility index (Phi) is 6.83. The third-order valence-electron chi connectivity index (χ3n) is 2.58. The van der Waals surface area contributed by atoms with Crippen LogP contribution in [0.1, 0.15) is 29.3 Å². The summed E-state index contributed by atoms with van der Waals surface area (Å²) in [5.74, 6) is 2.83. The standard InChI is InChI=1S/C14H20O3S/c1-11(15)12-5-6-14(17-3)13(9-12)10-18-8-4-7-16-2/h5-6,9H,4,7-8,10H2,1-3H3. The maximum Gasteiger partial charge on any atom is 0.159 e. The van der Waals surface area contributed by atoms with Crippen LogP contribution in [0.3, 0.4) is 0 Å². The van der Waals surface area contributed by atoms with Gasteiger partial charge in [-0.25, -0.2) is 0 Å². The van der Waals surface area contributed by atoms with Crippen molar-refractivity contribution in [2.24, 2.45) is 0 Å². The molecule has 100 valence electrons. The maximum absolute atomic E-state index is 11.3. The first-order valence-electron chi connectivity index (χ1n) is 5.93. The zero-order valence-electron chi connectivity index (χ0n) is 11.2. The maximum atomic E-state index is 11.3. The fraction of sp³-hybridized carbons (Fsp3) is 0.500. The zero-order valence-corrected chi connectivity index (χ0v) is 12.0. The highest BCUT2D eigenvalue weighted by atomic mass is 32.2. The topological polar surface area (TPSA) is 35.5 Å². The summed E-state index contributed by atoms with van der Waals surface area (Å²) < 4.78 is 10.3. The third-order valence-corrected chi connectivity index (χ3v) is 3.67. The van der Waals surface area contributed by atoms with E-state index in [1.165, 1.54) is 0 Å². The first kappa shape index (κ1) is 15.1. The Bertz CT molecular complexity index is 391. The predicted molar refractivity (Wildman–Crippen MR) is 75.7 cm³/mol. The minimum absolute atomic E-state index is 0.0864. The summed E-state index contributed by atoms with van der Waals surface area (Å²) in [5.41, 5.74) is 1.82. The number of carbonyl (C=O) groups excluding carboxylic acids is 1. The second kappa shape index (κ2) is 8.16. The molecule has 0 aromatic heterocycles. The van der Waals surface area contributed by atoms with Gasteiger partial charge in [-0.15, -0.1) is 0 Å². The molecule has 0 saturated carbocycles. The number of benzene rings is 1. The van der Waals surface area contributed by atoms with E-state index in [1.807, 2.05) is 23.9 Å². The molecule has 4 heteroatoms. The first-order chi connectivity index (χ1) is 8.69. The summed E-state index contributed by atoms with van der Waals surface area (Å²) in [4.78, 5) is 11.3. The van der Waals surface area contributed by atoms with Crippen LogP contribution in [0.25, 0.3) is 0 Å². The molecule has 0 aliphatic carbocycles. The molecule has 0 aliphatic rings. The SMILES string of the molecule is COCCCSCc1cc(C(C)=O)ccc1OC. The number of Topliss-reactive ketones (excluding diaryl/α,β-unsaturated/α-hetero) is 1. The molecular formula is C14H20O3S. The molecule has 0 radical (unpaired) electrons. The van der Waals surface area contributed by atoms with Crippen molar-refractivity contribution in [1.82, 2.24) is 0 Å². The van der Waals surface area contributed by atoms with Crippen LogP contribution >= 0.6 is 11.8 Å². The van der Waals surface area contributed by atoms with Crippen LogP contribution in [-0.2, 0) is 10.5 Å². The molecule has 0 amide bonds. The van der Waals surface area contributed by atoms with Gasteiger partial charge < -0.3 is 9.47 Å². The lowest BCUT2D eigenvalue weighted by molar-refractivity contribution is 0.101. The highest BCUT2D eigenvalue weighted by molar-refractivity contribution is 7.98. The minimum Gasteiger partial charge on any atom is -0.496 e. The summed E-state index contributed by atoms with van der Waals surface area (Å²) in [7, 11) is 3.37. The summed E-state index contributed by atoms with van der Waals surface area (Å²) in [6, 6.07) is 5.59. The van der Waals surface area contributed by atoms with E-state index >= 15 is 0 Å². The van der Waals surface area contributed by atoms with E-state index in [4.69, 9.17) is 9.47 Å². The lowest BCUT2D eigenvalue weighted by Gasteiger charge is -2.09. The predicted octanol–water partition coefficient (Wildman–Crippen LogP) is 3.17. The quantitative estimate of drug-likeness (QED) is 0.536. The van der Waals surface area contributed by atoms with Gasteiger partial charge in [0.05, 0.1) is 7.11 Å². The first-order valence-corrected chi connectivity index (χ1v) is 7.09. The van der Waals surface area contributed by atoms with Crippen molar-refractivity contribution in [3.8, 4) is 5.75 Å². The Labute approximate surface area is 113 Å². The Balaban J connectivity index is 2.61. The number of ether oxygens (including phenoxy) is 2. The van der Waals surface area contributed by atoms with E-state index in [0.29, 0.717) is 0 Å². The van der Waals surface area contributed by atoms with Gasteiger partial charge in [-0.1, -0.05) is 0 Å².